The molecule has 0 bridgehead atoms. The summed E-state index contributed by atoms with van der Waals surface area (Å²) in [5.41, 5.74) is 5.99. The number of carboxylic acid groups (broad SMARTS) is 1. The first kappa shape index (κ1) is 40.9. The maximum Gasteiger partial charge on any atom is 0.418 e. The standard InChI is InChI=1S/C37H49ClF3N7O6/c1-43-31-5-3-2-4-26(31)6-13-48(24-49)28-9-14-47(15-10-28)36(53)54-32(22-25-20-29(37(39,40)41)34(42)30(38)21-25)35(52)46-18-16-45(17-19-46)27-7-11-44(12-8-27)23-33(50)51/h2-5,20-21,24,27-28,32,43H,6-19,22-23,42H2,1H3,(H,50,51)/t32-/m1/s1. The number of rotatable bonds is 13. The summed E-state index contributed by atoms with van der Waals surface area (Å²) in [5.74, 6) is -1.39. The highest BCUT2D eigenvalue weighted by atomic mass is 35.5. The number of hydrogen-bond acceptors (Lipinski definition) is 9. The zero-order chi connectivity index (χ0) is 39.0. The van der Waals surface area contributed by atoms with Crippen molar-refractivity contribution in [1.29, 1.82) is 0 Å². The van der Waals surface area contributed by atoms with E-state index >= 15 is 0 Å². The second kappa shape index (κ2) is 18.4. The summed E-state index contributed by atoms with van der Waals surface area (Å²) in [7, 11) is 1.84. The van der Waals surface area contributed by atoms with Gasteiger partial charge in [-0.2, -0.15) is 13.2 Å². The van der Waals surface area contributed by atoms with Crippen molar-refractivity contribution in [3.05, 3.63) is 58.1 Å². The SMILES string of the molecule is CNc1ccccc1CCN(C=O)C1CCN(C(=O)O[C@H](Cc2cc(Cl)c(N)c(C(F)(F)F)c2)C(=O)N2CCN(C3CCN(CC(=O)O)CC3)CC2)CC1. The Morgan fingerprint density at radius 2 is 1.69 bits per heavy atom. The van der Waals surface area contributed by atoms with Crippen LogP contribution in [0, 0.1) is 0 Å². The summed E-state index contributed by atoms with van der Waals surface area (Å²) in [6, 6.07) is 10.1. The van der Waals surface area contributed by atoms with Gasteiger partial charge in [0.25, 0.3) is 5.91 Å². The number of amides is 3. The number of nitrogen functional groups attached to an aromatic ring is 1. The average molecular weight is 780 g/mol. The van der Waals surface area contributed by atoms with Crippen LogP contribution < -0.4 is 11.1 Å². The van der Waals surface area contributed by atoms with E-state index in [2.05, 4.69) is 10.2 Å². The Kier molecular flexibility index (Phi) is 13.9. The fourth-order valence-electron chi connectivity index (χ4n) is 7.69. The Balaban J connectivity index is 1.22. The molecule has 3 aliphatic rings. The van der Waals surface area contributed by atoms with Crippen LogP contribution in [0.15, 0.2) is 36.4 Å². The molecule has 0 spiro atoms. The van der Waals surface area contributed by atoms with Crippen LogP contribution in [0.5, 0.6) is 0 Å². The number of likely N-dealkylation sites (tertiary alicyclic amines) is 2. The number of nitrogens with two attached hydrogens (primary N) is 1. The molecule has 4 N–H and O–H groups in total. The van der Waals surface area contributed by atoms with Gasteiger partial charge in [0.05, 0.1) is 22.8 Å². The van der Waals surface area contributed by atoms with Crippen molar-refractivity contribution in [2.45, 2.75) is 62.9 Å². The number of alkyl halides is 3. The number of anilines is 2. The largest absolute Gasteiger partial charge is 0.480 e. The lowest BCUT2D eigenvalue weighted by Gasteiger charge is -2.43. The molecule has 0 unspecified atom stereocenters. The lowest BCUT2D eigenvalue weighted by atomic mass is 10.0. The van der Waals surface area contributed by atoms with Gasteiger partial charge in [0, 0.05) is 90.1 Å². The Morgan fingerprint density at radius 1 is 1.02 bits per heavy atom. The first-order valence-corrected chi connectivity index (χ1v) is 18.7. The molecule has 3 saturated heterocycles. The molecule has 2 aromatic rings. The van der Waals surface area contributed by atoms with E-state index in [1.807, 2.05) is 36.2 Å². The van der Waals surface area contributed by atoms with E-state index in [1.54, 1.807) is 9.80 Å². The number of halogens is 4. The molecule has 0 aromatic heterocycles. The van der Waals surface area contributed by atoms with E-state index in [-0.39, 0.29) is 48.7 Å². The molecule has 54 heavy (non-hydrogen) atoms. The van der Waals surface area contributed by atoms with E-state index in [9.17, 15) is 32.3 Å². The third kappa shape index (κ3) is 10.5. The number of carbonyl (C=O) groups excluding carboxylic acids is 3. The van der Waals surface area contributed by atoms with Gasteiger partial charge >= 0.3 is 18.2 Å². The number of piperidine rings is 2. The monoisotopic (exact) mass is 779 g/mol. The van der Waals surface area contributed by atoms with Gasteiger partial charge in [-0.3, -0.25) is 24.2 Å². The number of hydrogen-bond donors (Lipinski definition) is 3. The number of aliphatic carboxylic acids is 1. The fraction of sp³-hybridized carbons (Fsp3) is 0.568. The number of carbonyl (C=O) groups is 4. The zero-order valence-corrected chi connectivity index (χ0v) is 31.2. The second-order valence-corrected chi connectivity index (χ2v) is 14.5. The molecule has 13 nitrogen and oxygen atoms in total. The maximum absolute atomic E-state index is 14.0. The quantitative estimate of drug-likeness (QED) is 0.202. The van der Waals surface area contributed by atoms with Gasteiger partial charge in [0.15, 0.2) is 6.10 Å². The van der Waals surface area contributed by atoms with Crippen LogP contribution in [-0.2, 0) is 38.1 Å². The highest BCUT2D eigenvalue weighted by Crippen LogP contribution is 2.38. The molecule has 1 atom stereocenters. The van der Waals surface area contributed by atoms with Gasteiger partial charge < -0.3 is 35.6 Å². The van der Waals surface area contributed by atoms with Gasteiger partial charge in [-0.1, -0.05) is 29.8 Å². The molecule has 0 aliphatic carbocycles. The topological polar surface area (TPSA) is 152 Å². The van der Waals surface area contributed by atoms with E-state index in [4.69, 9.17) is 27.2 Å². The number of piperazine rings is 1. The Morgan fingerprint density at radius 3 is 2.30 bits per heavy atom. The molecule has 5 rings (SSSR count). The molecule has 3 aliphatic heterocycles. The van der Waals surface area contributed by atoms with Gasteiger partial charge in [-0.15, -0.1) is 0 Å². The highest BCUT2D eigenvalue weighted by molar-refractivity contribution is 6.33. The molecule has 296 valence electrons. The molecule has 0 radical (unpaired) electrons. The first-order valence-electron chi connectivity index (χ1n) is 18.3. The molecular weight excluding hydrogens is 731 g/mol. The van der Waals surface area contributed by atoms with Crippen LogP contribution in [-0.4, -0.2) is 145 Å². The number of carboxylic acids is 1. The van der Waals surface area contributed by atoms with E-state index in [0.717, 1.165) is 36.6 Å². The lowest BCUT2D eigenvalue weighted by molar-refractivity contribution is -0.143. The van der Waals surface area contributed by atoms with E-state index in [1.165, 1.54) is 11.0 Å². The van der Waals surface area contributed by atoms with Crippen molar-refractivity contribution in [2.24, 2.45) is 0 Å². The third-order valence-electron chi connectivity index (χ3n) is 10.7. The number of nitrogens with zero attached hydrogens (tertiary/aromatic N) is 5. The molecule has 17 heteroatoms. The van der Waals surface area contributed by atoms with Crippen LogP contribution in [0.3, 0.4) is 0 Å². The van der Waals surface area contributed by atoms with E-state index < -0.39 is 41.5 Å². The molecule has 3 heterocycles. The Hall–Kier alpha value is -4.28. The van der Waals surface area contributed by atoms with Crippen molar-refractivity contribution in [3.63, 3.8) is 0 Å². The smallest absolute Gasteiger partial charge is 0.418 e. The van der Waals surface area contributed by atoms with Crippen LogP contribution in [0.25, 0.3) is 0 Å². The Labute approximate surface area is 318 Å². The van der Waals surface area contributed by atoms with Crippen LogP contribution in [0.1, 0.15) is 42.4 Å². The fourth-order valence-corrected chi connectivity index (χ4v) is 7.94. The van der Waals surface area contributed by atoms with Crippen LogP contribution >= 0.6 is 11.6 Å². The van der Waals surface area contributed by atoms with E-state index in [0.29, 0.717) is 65.1 Å². The summed E-state index contributed by atoms with van der Waals surface area (Å²) in [5, 5.41) is 11.9. The van der Waals surface area contributed by atoms with Crippen molar-refractivity contribution in [1.82, 2.24) is 24.5 Å². The van der Waals surface area contributed by atoms with Crippen molar-refractivity contribution < 1.29 is 42.2 Å². The summed E-state index contributed by atoms with van der Waals surface area (Å²) < 4.78 is 47.3. The van der Waals surface area contributed by atoms with Gasteiger partial charge in [0.2, 0.25) is 6.41 Å². The van der Waals surface area contributed by atoms with Gasteiger partial charge in [-0.25, -0.2) is 4.79 Å². The van der Waals surface area contributed by atoms with Crippen molar-refractivity contribution in [2.75, 3.05) is 83.5 Å². The van der Waals surface area contributed by atoms with Crippen LogP contribution in [0.4, 0.5) is 29.3 Å². The number of ether oxygens (including phenoxy) is 1. The summed E-state index contributed by atoms with van der Waals surface area (Å²) in [4.78, 5) is 59.7. The molecular formula is C37H49ClF3N7O6. The third-order valence-corrected chi connectivity index (χ3v) is 11.1. The summed E-state index contributed by atoms with van der Waals surface area (Å²) >= 11 is 6.11. The predicted octanol–water partition coefficient (Wildman–Crippen LogP) is 3.89. The Bertz CT molecular complexity index is 1630. The van der Waals surface area contributed by atoms with Crippen molar-refractivity contribution in [3.8, 4) is 0 Å². The highest BCUT2D eigenvalue weighted by Gasteiger charge is 2.38. The minimum absolute atomic E-state index is 0.000654. The van der Waals surface area contributed by atoms with Gasteiger partial charge in [0.1, 0.15) is 0 Å². The predicted molar refractivity (Wildman–Crippen MR) is 197 cm³/mol. The maximum atomic E-state index is 14.0. The second-order valence-electron chi connectivity index (χ2n) is 14.1. The normalized spacial score (nSPS) is 18.6. The average Bonchev–Trinajstić information content (AvgIpc) is 3.16. The molecule has 3 amide bonds. The number of benzene rings is 2. The lowest BCUT2D eigenvalue weighted by Crippen LogP contribution is -2.56. The molecule has 2 aromatic carbocycles. The van der Waals surface area contributed by atoms with Crippen LogP contribution in [0.2, 0.25) is 5.02 Å². The minimum atomic E-state index is -4.80. The molecule has 0 saturated carbocycles. The summed E-state index contributed by atoms with van der Waals surface area (Å²) in [6.45, 7) is 4.08. The number of para-hydroxylation sites is 1. The van der Waals surface area contributed by atoms with Crippen molar-refractivity contribution >= 4 is 47.4 Å². The molecule has 3 fully saturated rings. The number of nitrogens with one attached hydrogen (secondary N) is 1. The minimum Gasteiger partial charge on any atom is -0.480 e. The zero-order valence-electron chi connectivity index (χ0n) is 30.4. The summed E-state index contributed by atoms with van der Waals surface area (Å²) in [6.07, 6.45) is -3.30. The first-order chi connectivity index (χ1) is 25.8. The van der Waals surface area contributed by atoms with Gasteiger partial charge in [-0.05, 0) is 61.4 Å².